The van der Waals surface area contributed by atoms with Gasteiger partial charge in [-0.2, -0.15) is 0 Å². The standard InChI is InChI=1S/C15H18F2N2O/c1-3-20-8-4-7-18-13-9-10(2)19-15-11(13)5-6-12(16)14(15)17/h5-6,9H,3-4,7-8H2,1-2H3,(H,18,19). The zero-order chi connectivity index (χ0) is 14.5. The lowest BCUT2D eigenvalue weighted by Gasteiger charge is -2.11. The van der Waals surface area contributed by atoms with Crippen molar-refractivity contribution in [2.45, 2.75) is 20.3 Å². The van der Waals surface area contributed by atoms with E-state index in [0.29, 0.717) is 30.8 Å². The van der Waals surface area contributed by atoms with E-state index in [4.69, 9.17) is 4.74 Å². The highest BCUT2D eigenvalue weighted by Crippen LogP contribution is 2.26. The van der Waals surface area contributed by atoms with E-state index >= 15 is 0 Å². The predicted molar refractivity (Wildman–Crippen MR) is 76.0 cm³/mol. The molecule has 0 spiro atoms. The van der Waals surface area contributed by atoms with Crippen LogP contribution in [0.2, 0.25) is 0 Å². The van der Waals surface area contributed by atoms with Crippen molar-refractivity contribution < 1.29 is 13.5 Å². The van der Waals surface area contributed by atoms with Crippen molar-refractivity contribution >= 4 is 16.6 Å². The number of pyridine rings is 1. The number of benzene rings is 1. The minimum atomic E-state index is -0.899. The first-order chi connectivity index (χ1) is 9.63. The van der Waals surface area contributed by atoms with Crippen molar-refractivity contribution in [1.29, 1.82) is 0 Å². The van der Waals surface area contributed by atoms with Crippen LogP contribution in [0.25, 0.3) is 10.9 Å². The number of ether oxygens (including phenoxy) is 1. The summed E-state index contributed by atoms with van der Waals surface area (Å²) in [6.07, 6.45) is 0.848. The van der Waals surface area contributed by atoms with Crippen molar-refractivity contribution in [3.05, 3.63) is 35.5 Å². The average molecular weight is 280 g/mol. The Bertz CT molecular complexity index is 602. The summed E-state index contributed by atoms with van der Waals surface area (Å²) in [5.74, 6) is -1.78. The van der Waals surface area contributed by atoms with E-state index in [0.717, 1.165) is 18.2 Å². The summed E-state index contributed by atoms with van der Waals surface area (Å²) in [6.45, 7) is 5.79. The molecule has 0 atom stereocenters. The van der Waals surface area contributed by atoms with Crippen LogP contribution in [-0.4, -0.2) is 24.7 Å². The third kappa shape index (κ3) is 3.22. The number of fused-ring (bicyclic) bond motifs is 1. The van der Waals surface area contributed by atoms with Gasteiger partial charge in [0, 0.05) is 36.5 Å². The fraction of sp³-hybridized carbons (Fsp3) is 0.400. The molecule has 0 saturated heterocycles. The van der Waals surface area contributed by atoms with E-state index in [1.807, 2.05) is 13.0 Å². The maximum atomic E-state index is 13.8. The number of hydrogen-bond donors (Lipinski definition) is 1. The lowest BCUT2D eigenvalue weighted by atomic mass is 10.1. The number of rotatable bonds is 6. The highest BCUT2D eigenvalue weighted by Gasteiger charge is 2.12. The first-order valence-electron chi connectivity index (χ1n) is 6.70. The van der Waals surface area contributed by atoms with Crippen LogP contribution in [0.5, 0.6) is 0 Å². The van der Waals surface area contributed by atoms with Gasteiger partial charge in [-0.3, -0.25) is 0 Å². The van der Waals surface area contributed by atoms with Crippen molar-refractivity contribution in [3.8, 4) is 0 Å². The number of halogens is 2. The fourth-order valence-corrected chi connectivity index (χ4v) is 2.05. The Morgan fingerprint density at radius 2 is 2.10 bits per heavy atom. The molecule has 1 aromatic carbocycles. The molecular formula is C15H18F2N2O. The zero-order valence-electron chi connectivity index (χ0n) is 11.7. The number of aromatic nitrogens is 1. The molecule has 108 valence electrons. The number of nitrogens with one attached hydrogen (secondary N) is 1. The smallest absolute Gasteiger partial charge is 0.185 e. The van der Waals surface area contributed by atoms with Gasteiger partial charge in [0.25, 0.3) is 0 Å². The Balaban J connectivity index is 2.22. The maximum absolute atomic E-state index is 13.8. The quantitative estimate of drug-likeness (QED) is 0.820. The zero-order valence-corrected chi connectivity index (χ0v) is 11.7. The number of nitrogens with zero attached hydrogens (tertiary/aromatic N) is 1. The van der Waals surface area contributed by atoms with E-state index in [9.17, 15) is 8.78 Å². The van der Waals surface area contributed by atoms with Gasteiger partial charge >= 0.3 is 0 Å². The van der Waals surface area contributed by atoms with Gasteiger partial charge in [-0.25, -0.2) is 13.8 Å². The lowest BCUT2D eigenvalue weighted by Crippen LogP contribution is -2.07. The molecule has 1 N–H and O–H groups in total. The van der Waals surface area contributed by atoms with Gasteiger partial charge in [0.1, 0.15) is 5.52 Å². The van der Waals surface area contributed by atoms with Crippen LogP contribution >= 0.6 is 0 Å². The summed E-state index contributed by atoms with van der Waals surface area (Å²) in [7, 11) is 0. The molecule has 0 bridgehead atoms. The van der Waals surface area contributed by atoms with Gasteiger partial charge in [0.15, 0.2) is 11.6 Å². The third-order valence-corrected chi connectivity index (χ3v) is 2.99. The van der Waals surface area contributed by atoms with E-state index in [2.05, 4.69) is 10.3 Å². The van der Waals surface area contributed by atoms with Crippen LogP contribution in [-0.2, 0) is 4.74 Å². The van der Waals surface area contributed by atoms with Crippen LogP contribution in [0.4, 0.5) is 14.5 Å². The van der Waals surface area contributed by atoms with Gasteiger partial charge in [-0.1, -0.05) is 0 Å². The second-order valence-electron chi connectivity index (χ2n) is 4.55. The van der Waals surface area contributed by atoms with Gasteiger partial charge in [-0.05, 0) is 38.5 Å². The predicted octanol–water partition coefficient (Wildman–Crippen LogP) is 3.66. The highest BCUT2D eigenvalue weighted by molar-refractivity contribution is 5.91. The Hall–Kier alpha value is -1.75. The van der Waals surface area contributed by atoms with Crippen molar-refractivity contribution in [2.75, 3.05) is 25.1 Å². The van der Waals surface area contributed by atoms with E-state index in [-0.39, 0.29) is 5.52 Å². The Labute approximate surface area is 117 Å². The average Bonchev–Trinajstić information content (AvgIpc) is 2.43. The molecule has 0 amide bonds. The van der Waals surface area contributed by atoms with Crippen molar-refractivity contribution in [1.82, 2.24) is 4.98 Å². The molecule has 0 radical (unpaired) electrons. The Kier molecular flexibility index (Phi) is 4.84. The normalized spacial score (nSPS) is 11.0. The first-order valence-corrected chi connectivity index (χ1v) is 6.70. The van der Waals surface area contributed by atoms with Gasteiger partial charge in [0.2, 0.25) is 0 Å². The van der Waals surface area contributed by atoms with Crippen LogP contribution < -0.4 is 5.32 Å². The third-order valence-electron chi connectivity index (χ3n) is 2.99. The molecule has 20 heavy (non-hydrogen) atoms. The molecule has 0 aliphatic heterocycles. The number of hydrogen-bond acceptors (Lipinski definition) is 3. The highest BCUT2D eigenvalue weighted by atomic mass is 19.2. The molecule has 1 aromatic heterocycles. The van der Waals surface area contributed by atoms with E-state index in [1.54, 1.807) is 13.0 Å². The van der Waals surface area contributed by atoms with Crippen LogP contribution in [0.1, 0.15) is 19.0 Å². The van der Waals surface area contributed by atoms with Gasteiger partial charge in [0.05, 0.1) is 0 Å². The van der Waals surface area contributed by atoms with Gasteiger partial charge in [-0.15, -0.1) is 0 Å². The molecule has 0 aliphatic carbocycles. The molecule has 0 fully saturated rings. The number of aryl methyl sites for hydroxylation is 1. The molecule has 0 aliphatic rings. The minimum Gasteiger partial charge on any atom is -0.384 e. The second kappa shape index (κ2) is 6.61. The summed E-state index contributed by atoms with van der Waals surface area (Å²) in [6, 6.07) is 4.51. The first kappa shape index (κ1) is 14.7. The largest absolute Gasteiger partial charge is 0.384 e. The van der Waals surface area contributed by atoms with E-state index < -0.39 is 11.6 Å². The summed E-state index contributed by atoms with van der Waals surface area (Å²) in [5, 5.41) is 3.81. The molecule has 0 saturated carbocycles. The Morgan fingerprint density at radius 1 is 1.30 bits per heavy atom. The molecule has 2 rings (SSSR count). The molecule has 2 aromatic rings. The molecule has 5 heteroatoms. The summed E-state index contributed by atoms with van der Waals surface area (Å²) in [4.78, 5) is 4.07. The number of anilines is 1. The summed E-state index contributed by atoms with van der Waals surface area (Å²) < 4.78 is 32.3. The maximum Gasteiger partial charge on any atom is 0.185 e. The summed E-state index contributed by atoms with van der Waals surface area (Å²) in [5.41, 5.74) is 1.48. The molecule has 0 unspecified atom stereocenters. The summed E-state index contributed by atoms with van der Waals surface area (Å²) >= 11 is 0. The van der Waals surface area contributed by atoms with Crippen molar-refractivity contribution in [2.24, 2.45) is 0 Å². The Morgan fingerprint density at radius 3 is 2.85 bits per heavy atom. The van der Waals surface area contributed by atoms with Gasteiger partial charge < -0.3 is 10.1 Å². The SMILES string of the molecule is CCOCCCNc1cc(C)nc2c(F)c(F)ccc12. The molecular weight excluding hydrogens is 262 g/mol. The van der Waals surface area contributed by atoms with Crippen LogP contribution in [0, 0.1) is 18.6 Å². The van der Waals surface area contributed by atoms with Crippen molar-refractivity contribution in [3.63, 3.8) is 0 Å². The monoisotopic (exact) mass is 280 g/mol. The lowest BCUT2D eigenvalue weighted by molar-refractivity contribution is 0.147. The minimum absolute atomic E-state index is 0.0670. The van der Waals surface area contributed by atoms with Crippen LogP contribution in [0.15, 0.2) is 18.2 Å². The topological polar surface area (TPSA) is 34.1 Å². The molecule has 3 nitrogen and oxygen atoms in total. The fourth-order valence-electron chi connectivity index (χ4n) is 2.05. The molecule has 1 heterocycles. The second-order valence-corrected chi connectivity index (χ2v) is 4.55. The van der Waals surface area contributed by atoms with E-state index in [1.165, 1.54) is 0 Å². The van der Waals surface area contributed by atoms with Crippen LogP contribution in [0.3, 0.4) is 0 Å².